The number of methoxy groups -OCH3 is 2. The van der Waals surface area contributed by atoms with Crippen molar-refractivity contribution in [1.29, 1.82) is 0 Å². The lowest BCUT2D eigenvalue weighted by atomic mass is 10.2. The Morgan fingerprint density at radius 1 is 1.06 bits per heavy atom. The number of ether oxygens (including phenoxy) is 2. The number of hydrogen-bond donors (Lipinski definition) is 2. The second-order valence-electron chi connectivity index (χ2n) is 7.74. The van der Waals surface area contributed by atoms with Gasteiger partial charge in [-0.05, 0) is 17.7 Å². The van der Waals surface area contributed by atoms with E-state index in [4.69, 9.17) is 14.5 Å². The number of carbonyl (C=O) groups excluding carboxylic acids is 2. The molecule has 0 radical (unpaired) electrons. The van der Waals surface area contributed by atoms with Crippen LogP contribution in [0.5, 0.6) is 5.75 Å². The number of aliphatic imine (C=N–C) groups is 1. The number of nitrogens with one attached hydrogen (secondary N) is 2. The molecule has 0 saturated carbocycles. The van der Waals surface area contributed by atoms with Crippen molar-refractivity contribution in [1.82, 2.24) is 25.3 Å². The van der Waals surface area contributed by atoms with E-state index in [1.807, 2.05) is 24.3 Å². The highest BCUT2D eigenvalue weighted by Crippen LogP contribution is 2.12. The van der Waals surface area contributed by atoms with Crippen molar-refractivity contribution in [2.45, 2.75) is 6.54 Å². The number of likely N-dealkylation sites (N-methyl/N-ethyl adjacent to an activating group) is 1. The van der Waals surface area contributed by atoms with Crippen LogP contribution < -0.4 is 15.4 Å². The van der Waals surface area contributed by atoms with Crippen molar-refractivity contribution in [2.24, 2.45) is 4.99 Å². The molecule has 2 amide bonds. The summed E-state index contributed by atoms with van der Waals surface area (Å²) in [4.78, 5) is 34.7. The summed E-state index contributed by atoms with van der Waals surface area (Å²) >= 11 is 0. The van der Waals surface area contributed by atoms with Gasteiger partial charge in [0.05, 0.1) is 33.4 Å². The Bertz CT molecular complexity index is 745. The van der Waals surface area contributed by atoms with E-state index in [2.05, 4.69) is 20.4 Å². The van der Waals surface area contributed by atoms with Gasteiger partial charge in [-0.25, -0.2) is 4.99 Å². The standard InChI is InChI=1S/C22H36N6O4/c1-26(2)21(30)16-25-22(24-15-18-5-7-19(32-4)8-6-18)28-12-10-27(11-13-28)17-20(29)23-9-14-31-3/h5-8H,9-17H2,1-4H3,(H,23,29)(H,24,25). The van der Waals surface area contributed by atoms with Gasteiger partial charge in [-0.1, -0.05) is 12.1 Å². The molecule has 0 bridgehead atoms. The summed E-state index contributed by atoms with van der Waals surface area (Å²) in [6.07, 6.45) is 0. The van der Waals surface area contributed by atoms with Crippen molar-refractivity contribution in [3.05, 3.63) is 29.8 Å². The molecular formula is C22H36N6O4. The molecule has 32 heavy (non-hydrogen) atoms. The maximum atomic E-state index is 12.1. The van der Waals surface area contributed by atoms with E-state index in [0.717, 1.165) is 37.5 Å². The van der Waals surface area contributed by atoms with Crippen molar-refractivity contribution < 1.29 is 19.1 Å². The number of guanidine groups is 1. The Labute approximate surface area is 190 Å². The van der Waals surface area contributed by atoms with E-state index in [-0.39, 0.29) is 18.4 Å². The lowest BCUT2D eigenvalue weighted by Crippen LogP contribution is -2.55. The highest BCUT2D eigenvalue weighted by atomic mass is 16.5. The van der Waals surface area contributed by atoms with Crippen LogP contribution in [0.25, 0.3) is 0 Å². The van der Waals surface area contributed by atoms with Crippen LogP contribution in [-0.4, -0.2) is 113 Å². The number of benzene rings is 1. The molecule has 0 aliphatic carbocycles. The minimum Gasteiger partial charge on any atom is -0.497 e. The van der Waals surface area contributed by atoms with Gasteiger partial charge >= 0.3 is 0 Å². The topological polar surface area (TPSA) is 98.7 Å². The van der Waals surface area contributed by atoms with E-state index in [1.54, 1.807) is 33.2 Å². The molecule has 0 unspecified atom stereocenters. The lowest BCUT2D eigenvalue weighted by Gasteiger charge is -2.36. The van der Waals surface area contributed by atoms with E-state index in [1.165, 1.54) is 0 Å². The normalized spacial score (nSPS) is 14.8. The smallest absolute Gasteiger partial charge is 0.241 e. The third kappa shape index (κ3) is 8.72. The van der Waals surface area contributed by atoms with Crippen LogP contribution in [0.2, 0.25) is 0 Å². The molecular weight excluding hydrogens is 412 g/mol. The second-order valence-corrected chi connectivity index (χ2v) is 7.74. The summed E-state index contributed by atoms with van der Waals surface area (Å²) in [6, 6.07) is 7.77. The van der Waals surface area contributed by atoms with Crippen molar-refractivity contribution in [2.75, 3.05) is 80.7 Å². The summed E-state index contributed by atoms with van der Waals surface area (Å²) in [5.41, 5.74) is 1.05. The number of hydrogen-bond acceptors (Lipinski definition) is 6. The van der Waals surface area contributed by atoms with E-state index in [9.17, 15) is 9.59 Å². The van der Waals surface area contributed by atoms with E-state index < -0.39 is 0 Å². The molecule has 0 spiro atoms. The minimum atomic E-state index is -0.0199. The molecule has 0 atom stereocenters. The minimum absolute atomic E-state index is 0.00130. The Hall–Kier alpha value is -2.85. The van der Waals surface area contributed by atoms with Gasteiger partial charge in [-0.15, -0.1) is 0 Å². The zero-order valence-electron chi connectivity index (χ0n) is 19.6. The summed E-state index contributed by atoms with van der Waals surface area (Å²) in [5.74, 6) is 1.47. The van der Waals surface area contributed by atoms with Crippen LogP contribution >= 0.6 is 0 Å². The molecule has 1 aromatic rings. The first kappa shape index (κ1) is 25.4. The fraction of sp³-hybridized carbons (Fsp3) is 0.591. The number of carbonyl (C=O) groups is 2. The quantitative estimate of drug-likeness (QED) is 0.286. The monoisotopic (exact) mass is 448 g/mol. The van der Waals surface area contributed by atoms with Gasteiger partial charge in [0.25, 0.3) is 0 Å². The molecule has 1 aliphatic rings. The molecule has 1 aliphatic heterocycles. The Balaban J connectivity index is 1.94. The maximum absolute atomic E-state index is 12.1. The zero-order valence-corrected chi connectivity index (χ0v) is 19.6. The molecule has 1 heterocycles. The van der Waals surface area contributed by atoms with Crippen LogP contribution in [0.4, 0.5) is 0 Å². The summed E-state index contributed by atoms with van der Waals surface area (Å²) < 4.78 is 10.2. The average molecular weight is 449 g/mol. The van der Waals surface area contributed by atoms with Gasteiger partial charge < -0.3 is 29.9 Å². The van der Waals surface area contributed by atoms with Crippen molar-refractivity contribution in [3.8, 4) is 5.75 Å². The van der Waals surface area contributed by atoms with Crippen LogP contribution in [0, 0.1) is 0 Å². The molecule has 1 fully saturated rings. The van der Waals surface area contributed by atoms with Crippen LogP contribution in [0.15, 0.2) is 29.3 Å². The maximum Gasteiger partial charge on any atom is 0.241 e. The molecule has 1 aromatic carbocycles. The fourth-order valence-corrected chi connectivity index (χ4v) is 3.15. The Kier molecular flexibility index (Phi) is 10.8. The molecule has 1 saturated heterocycles. The number of amides is 2. The summed E-state index contributed by atoms with van der Waals surface area (Å²) in [5, 5.41) is 6.05. The average Bonchev–Trinajstić information content (AvgIpc) is 2.80. The second kappa shape index (κ2) is 13.5. The van der Waals surface area contributed by atoms with Crippen molar-refractivity contribution in [3.63, 3.8) is 0 Å². The number of nitrogens with zero attached hydrogens (tertiary/aromatic N) is 4. The van der Waals surface area contributed by atoms with Crippen LogP contribution in [0.3, 0.4) is 0 Å². The van der Waals surface area contributed by atoms with Gasteiger partial charge in [0.2, 0.25) is 11.8 Å². The van der Waals surface area contributed by atoms with Gasteiger partial charge in [0.1, 0.15) is 5.75 Å². The molecule has 2 N–H and O–H groups in total. The van der Waals surface area contributed by atoms with Gasteiger partial charge in [-0.2, -0.15) is 0 Å². The lowest BCUT2D eigenvalue weighted by molar-refractivity contribution is -0.127. The predicted octanol–water partition coefficient (Wildman–Crippen LogP) is -0.391. The fourth-order valence-electron chi connectivity index (χ4n) is 3.15. The first-order valence-corrected chi connectivity index (χ1v) is 10.8. The van der Waals surface area contributed by atoms with Crippen LogP contribution in [-0.2, 0) is 20.9 Å². The molecule has 10 heteroatoms. The van der Waals surface area contributed by atoms with E-state index in [0.29, 0.717) is 32.2 Å². The van der Waals surface area contributed by atoms with Crippen LogP contribution in [0.1, 0.15) is 5.56 Å². The molecule has 0 aromatic heterocycles. The highest BCUT2D eigenvalue weighted by molar-refractivity contribution is 5.86. The number of piperazine rings is 1. The Morgan fingerprint density at radius 3 is 2.34 bits per heavy atom. The van der Waals surface area contributed by atoms with E-state index >= 15 is 0 Å². The van der Waals surface area contributed by atoms with Gasteiger partial charge in [0.15, 0.2) is 5.96 Å². The SMILES string of the molecule is COCCNC(=O)CN1CCN(C(=NCc2ccc(OC)cc2)NCC(=O)N(C)C)CC1. The largest absolute Gasteiger partial charge is 0.497 e. The molecule has 2 rings (SSSR count). The number of rotatable bonds is 10. The first-order chi connectivity index (χ1) is 15.4. The zero-order chi connectivity index (χ0) is 23.3. The van der Waals surface area contributed by atoms with Gasteiger partial charge in [0, 0.05) is 53.9 Å². The van der Waals surface area contributed by atoms with Gasteiger partial charge in [-0.3, -0.25) is 14.5 Å². The molecule has 178 valence electrons. The summed E-state index contributed by atoms with van der Waals surface area (Å²) in [7, 11) is 6.71. The summed E-state index contributed by atoms with van der Waals surface area (Å²) in [6.45, 7) is 4.97. The third-order valence-corrected chi connectivity index (χ3v) is 5.13. The predicted molar refractivity (Wildman–Crippen MR) is 124 cm³/mol. The third-order valence-electron chi connectivity index (χ3n) is 5.13. The Morgan fingerprint density at radius 2 is 1.75 bits per heavy atom. The van der Waals surface area contributed by atoms with Crippen molar-refractivity contribution >= 4 is 17.8 Å². The first-order valence-electron chi connectivity index (χ1n) is 10.8. The molecule has 10 nitrogen and oxygen atoms in total. The highest BCUT2D eigenvalue weighted by Gasteiger charge is 2.22.